The van der Waals surface area contributed by atoms with Crippen LogP contribution in [0.2, 0.25) is 0 Å². The average molecular weight is 384 g/mol. The summed E-state index contributed by atoms with van der Waals surface area (Å²) in [5.74, 6) is -0.0182. The molecule has 1 aliphatic heterocycles. The Bertz CT molecular complexity index is 582. The molecule has 1 saturated heterocycles. The van der Waals surface area contributed by atoms with E-state index in [4.69, 9.17) is 9.47 Å². The number of hydrogen-bond acceptors (Lipinski definition) is 4. The molecule has 1 aromatic rings. The molecule has 1 heterocycles. The molecule has 1 fully saturated rings. The molecule has 0 bridgehead atoms. The number of amides is 1. The Hall–Kier alpha value is -1.40. The molecule has 1 aromatic carbocycles. The summed E-state index contributed by atoms with van der Waals surface area (Å²) in [6.07, 6.45) is -0.178. The van der Waals surface area contributed by atoms with Crippen LogP contribution in [-0.2, 0) is 9.47 Å². The summed E-state index contributed by atoms with van der Waals surface area (Å²) in [6.45, 7) is 6.72. The highest BCUT2D eigenvalue weighted by Gasteiger charge is 2.32. The molecule has 0 aromatic heterocycles. The molecule has 0 spiro atoms. The number of morpholine rings is 1. The van der Waals surface area contributed by atoms with Gasteiger partial charge in [-0.1, -0.05) is 28.1 Å². The van der Waals surface area contributed by atoms with Crippen LogP contribution in [0.25, 0.3) is 0 Å². The molecule has 0 aliphatic carbocycles. The van der Waals surface area contributed by atoms with Gasteiger partial charge in [-0.3, -0.25) is 4.79 Å². The van der Waals surface area contributed by atoms with Crippen molar-refractivity contribution >= 4 is 27.8 Å². The zero-order chi connectivity index (χ0) is 17.0. The highest BCUT2D eigenvalue weighted by Crippen LogP contribution is 2.19. The molecule has 1 atom stereocenters. The fourth-order valence-electron chi connectivity index (χ4n) is 2.38. The van der Waals surface area contributed by atoms with E-state index in [0.29, 0.717) is 25.3 Å². The third-order valence-electron chi connectivity index (χ3n) is 3.42. The number of halogens is 1. The molecular weight excluding hydrogens is 362 g/mol. The van der Waals surface area contributed by atoms with Gasteiger partial charge in [0.15, 0.2) is 5.78 Å². The predicted molar refractivity (Wildman–Crippen MR) is 90.6 cm³/mol. The highest BCUT2D eigenvalue weighted by molar-refractivity contribution is 9.10. The maximum absolute atomic E-state index is 12.5. The van der Waals surface area contributed by atoms with E-state index in [9.17, 15) is 9.59 Å². The lowest BCUT2D eigenvalue weighted by molar-refractivity contribution is -0.0322. The van der Waals surface area contributed by atoms with E-state index >= 15 is 0 Å². The summed E-state index contributed by atoms with van der Waals surface area (Å²) in [4.78, 5) is 26.4. The first-order valence-corrected chi connectivity index (χ1v) is 8.42. The summed E-state index contributed by atoms with van der Waals surface area (Å²) >= 11 is 3.36. The molecule has 1 aliphatic rings. The third-order valence-corrected chi connectivity index (χ3v) is 3.92. The Morgan fingerprint density at radius 1 is 1.39 bits per heavy atom. The van der Waals surface area contributed by atoms with Gasteiger partial charge in [-0.2, -0.15) is 0 Å². The number of nitrogens with zero attached hydrogens (tertiary/aromatic N) is 1. The van der Waals surface area contributed by atoms with Crippen molar-refractivity contribution in [2.24, 2.45) is 0 Å². The van der Waals surface area contributed by atoms with E-state index in [1.165, 1.54) is 0 Å². The number of ether oxygens (including phenoxy) is 2. The van der Waals surface area contributed by atoms with E-state index in [1.807, 2.05) is 32.9 Å². The fourth-order valence-corrected chi connectivity index (χ4v) is 2.78. The molecule has 1 amide bonds. The average Bonchev–Trinajstić information content (AvgIpc) is 2.46. The Morgan fingerprint density at radius 3 is 2.78 bits per heavy atom. The van der Waals surface area contributed by atoms with Crippen molar-refractivity contribution < 1.29 is 19.1 Å². The lowest BCUT2D eigenvalue weighted by Crippen LogP contribution is -2.51. The Labute approximate surface area is 145 Å². The zero-order valence-corrected chi connectivity index (χ0v) is 15.3. The van der Waals surface area contributed by atoms with Crippen LogP contribution in [0.4, 0.5) is 4.79 Å². The number of rotatable bonds is 3. The van der Waals surface area contributed by atoms with Crippen molar-refractivity contribution in [2.75, 3.05) is 19.8 Å². The van der Waals surface area contributed by atoms with Crippen LogP contribution in [0.5, 0.6) is 0 Å². The summed E-state index contributed by atoms with van der Waals surface area (Å²) in [7, 11) is 0. The van der Waals surface area contributed by atoms with Crippen LogP contribution in [0.1, 0.15) is 37.6 Å². The minimum atomic E-state index is -0.561. The van der Waals surface area contributed by atoms with Gasteiger partial charge in [0, 0.05) is 23.0 Å². The van der Waals surface area contributed by atoms with Gasteiger partial charge in [0.2, 0.25) is 0 Å². The van der Waals surface area contributed by atoms with Gasteiger partial charge in [0.1, 0.15) is 5.60 Å². The fraction of sp³-hybridized carbons (Fsp3) is 0.529. The molecule has 2 rings (SSSR count). The first kappa shape index (κ1) is 17.9. The van der Waals surface area contributed by atoms with Crippen LogP contribution in [0.3, 0.4) is 0 Å². The molecule has 0 N–H and O–H groups in total. The van der Waals surface area contributed by atoms with Gasteiger partial charge in [-0.25, -0.2) is 4.79 Å². The number of ketones is 1. The van der Waals surface area contributed by atoms with Gasteiger partial charge >= 0.3 is 6.09 Å². The molecular formula is C17H22BrNO4. The predicted octanol–water partition coefficient (Wildman–Crippen LogP) is 3.66. The third kappa shape index (κ3) is 5.32. The van der Waals surface area contributed by atoms with E-state index in [1.54, 1.807) is 17.0 Å². The maximum atomic E-state index is 12.5. The second-order valence-electron chi connectivity index (χ2n) is 6.54. The Balaban J connectivity index is 2.06. The summed E-state index contributed by atoms with van der Waals surface area (Å²) in [6, 6.07) is 6.94. The standard InChI is InChI=1S/C17H22BrNO4/c1-17(2,3)23-16(21)19-7-8-22-11-14(19)10-15(20)12-5-4-6-13(18)9-12/h4-6,9,14H,7-8,10-11H2,1-3H3. The van der Waals surface area contributed by atoms with Gasteiger partial charge in [0.25, 0.3) is 0 Å². The van der Waals surface area contributed by atoms with Gasteiger partial charge in [-0.15, -0.1) is 0 Å². The normalized spacial score (nSPS) is 18.6. The minimum Gasteiger partial charge on any atom is -0.444 e. The second-order valence-corrected chi connectivity index (χ2v) is 7.46. The highest BCUT2D eigenvalue weighted by atomic mass is 79.9. The molecule has 6 heteroatoms. The Kier molecular flexibility index (Phi) is 5.81. The molecule has 0 radical (unpaired) electrons. The Morgan fingerprint density at radius 2 is 2.13 bits per heavy atom. The number of carbonyl (C=O) groups excluding carboxylic acids is 2. The monoisotopic (exact) mass is 383 g/mol. The lowest BCUT2D eigenvalue weighted by atomic mass is 10.0. The van der Waals surface area contributed by atoms with Crippen molar-refractivity contribution in [1.82, 2.24) is 4.90 Å². The van der Waals surface area contributed by atoms with Crippen molar-refractivity contribution in [3.63, 3.8) is 0 Å². The van der Waals surface area contributed by atoms with Crippen LogP contribution in [-0.4, -0.2) is 48.2 Å². The molecule has 126 valence electrons. The quantitative estimate of drug-likeness (QED) is 0.747. The van der Waals surface area contributed by atoms with E-state index in [2.05, 4.69) is 15.9 Å². The van der Waals surface area contributed by atoms with Crippen LogP contribution < -0.4 is 0 Å². The second kappa shape index (κ2) is 7.45. The number of carbonyl (C=O) groups is 2. The van der Waals surface area contributed by atoms with Crippen molar-refractivity contribution in [1.29, 1.82) is 0 Å². The SMILES string of the molecule is CC(C)(C)OC(=O)N1CCOCC1CC(=O)c1cccc(Br)c1. The maximum Gasteiger partial charge on any atom is 0.410 e. The molecule has 1 unspecified atom stereocenters. The van der Waals surface area contributed by atoms with Crippen molar-refractivity contribution in [2.45, 2.75) is 38.8 Å². The first-order chi connectivity index (χ1) is 10.8. The number of Topliss-reactive ketones (excluding diaryl/α,β-unsaturated/α-hetero) is 1. The van der Waals surface area contributed by atoms with Crippen LogP contribution in [0.15, 0.2) is 28.7 Å². The van der Waals surface area contributed by atoms with Crippen molar-refractivity contribution in [3.8, 4) is 0 Å². The first-order valence-electron chi connectivity index (χ1n) is 7.62. The zero-order valence-electron chi connectivity index (χ0n) is 13.7. The summed E-state index contributed by atoms with van der Waals surface area (Å²) in [5, 5.41) is 0. The van der Waals surface area contributed by atoms with E-state index in [0.717, 1.165) is 4.47 Å². The molecule has 23 heavy (non-hydrogen) atoms. The van der Waals surface area contributed by atoms with Crippen LogP contribution in [0, 0.1) is 0 Å². The van der Waals surface area contributed by atoms with E-state index in [-0.39, 0.29) is 18.2 Å². The largest absolute Gasteiger partial charge is 0.444 e. The number of hydrogen-bond donors (Lipinski definition) is 0. The van der Waals surface area contributed by atoms with Gasteiger partial charge in [0.05, 0.1) is 19.3 Å². The minimum absolute atomic E-state index is 0.0182. The molecule has 0 saturated carbocycles. The van der Waals surface area contributed by atoms with Crippen LogP contribution >= 0.6 is 15.9 Å². The summed E-state index contributed by atoms with van der Waals surface area (Å²) in [5.41, 5.74) is 0.0583. The van der Waals surface area contributed by atoms with Gasteiger partial charge in [-0.05, 0) is 32.9 Å². The smallest absolute Gasteiger partial charge is 0.410 e. The lowest BCUT2D eigenvalue weighted by Gasteiger charge is -2.36. The topological polar surface area (TPSA) is 55.8 Å². The van der Waals surface area contributed by atoms with Crippen molar-refractivity contribution in [3.05, 3.63) is 34.3 Å². The van der Waals surface area contributed by atoms with Gasteiger partial charge < -0.3 is 14.4 Å². The summed E-state index contributed by atoms with van der Waals surface area (Å²) < 4.78 is 11.7. The number of benzene rings is 1. The molecule has 5 nitrogen and oxygen atoms in total. The van der Waals surface area contributed by atoms with E-state index < -0.39 is 11.7 Å².